The van der Waals surface area contributed by atoms with Crippen LogP contribution in [0.15, 0.2) is 0 Å². The van der Waals surface area contributed by atoms with Gasteiger partial charge in [-0.25, -0.2) is 4.79 Å². The SMILES string of the molecule is CC(C)CCN(C)S(=O)(=O)N1CCOC1=O. The third kappa shape index (κ3) is 2.85. The lowest BCUT2D eigenvalue weighted by Gasteiger charge is -2.22. The van der Waals surface area contributed by atoms with Crippen LogP contribution < -0.4 is 0 Å². The van der Waals surface area contributed by atoms with Crippen LogP contribution in [0.25, 0.3) is 0 Å². The minimum absolute atomic E-state index is 0.104. The van der Waals surface area contributed by atoms with Crippen LogP contribution in [0.3, 0.4) is 0 Å². The summed E-state index contributed by atoms with van der Waals surface area (Å²) in [5.41, 5.74) is 0. The smallest absolute Gasteiger partial charge is 0.424 e. The van der Waals surface area contributed by atoms with Crippen LogP contribution in [-0.4, -0.2) is 49.9 Å². The Kier molecular flexibility index (Phi) is 4.15. The second kappa shape index (κ2) is 5.01. The van der Waals surface area contributed by atoms with Crippen LogP contribution in [0, 0.1) is 5.92 Å². The molecule has 0 unspecified atom stereocenters. The van der Waals surface area contributed by atoms with Crippen molar-refractivity contribution < 1.29 is 17.9 Å². The molecule has 1 aliphatic heterocycles. The Bertz CT molecular complexity index is 353. The van der Waals surface area contributed by atoms with Gasteiger partial charge in [0.2, 0.25) is 0 Å². The molecule has 0 spiro atoms. The highest BCUT2D eigenvalue weighted by Crippen LogP contribution is 2.14. The van der Waals surface area contributed by atoms with Crippen molar-refractivity contribution >= 4 is 16.3 Å². The number of carbonyl (C=O) groups excluding carboxylic acids is 1. The van der Waals surface area contributed by atoms with E-state index in [9.17, 15) is 13.2 Å². The summed E-state index contributed by atoms with van der Waals surface area (Å²) in [5.74, 6) is 0.420. The van der Waals surface area contributed by atoms with E-state index in [-0.39, 0.29) is 13.2 Å². The molecule has 1 heterocycles. The topological polar surface area (TPSA) is 66.9 Å². The summed E-state index contributed by atoms with van der Waals surface area (Å²) in [6, 6.07) is 0. The Hall–Kier alpha value is -0.820. The van der Waals surface area contributed by atoms with Gasteiger partial charge in [0.1, 0.15) is 6.61 Å². The fourth-order valence-electron chi connectivity index (χ4n) is 1.31. The number of hydrogen-bond acceptors (Lipinski definition) is 4. The molecule has 0 aromatic carbocycles. The van der Waals surface area contributed by atoms with Crippen molar-refractivity contribution in [2.75, 3.05) is 26.7 Å². The highest BCUT2D eigenvalue weighted by molar-refractivity contribution is 7.87. The van der Waals surface area contributed by atoms with E-state index in [0.717, 1.165) is 10.7 Å². The fourth-order valence-corrected chi connectivity index (χ4v) is 2.53. The van der Waals surface area contributed by atoms with Crippen LogP contribution in [0.1, 0.15) is 20.3 Å². The number of carbonyl (C=O) groups is 1. The summed E-state index contributed by atoms with van der Waals surface area (Å²) in [4.78, 5) is 11.2. The summed E-state index contributed by atoms with van der Waals surface area (Å²) in [5, 5.41) is 0. The van der Waals surface area contributed by atoms with Gasteiger partial charge in [-0.3, -0.25) is 0 Å². The predicted molar refractivity (Wildman–Crippen MR) is 59.1 cm³/mol. The van der Waals surface area contributed by atoms with Crippen molar-refractivity contribution in [3.05, 3.63) is 0 Å². The van der Waals surface area contributed by atoms with E-state index < -0.39 is 16.3 Å². The van der Waals surface area contributed by atoms with Crippen molar-refractivity contribution in [3.8, 4) is 0 Å². The zero-order valence-electron chi connectivity index (χ0n) is 9.84. The predicted octanol–water partition coefficient (Wildman–Crippen LogP) is 0.661. The van der Waals surface area contributed by atoms with Crippen molar-refractivity contribution in [2.45, 2.75) is 20.3 Å². The van der Waals surface area contributed by atoms with Crippen molar-refractivity contribution in [1.82, 2.24) is 8.61 Å². The Morgan fingerprint density at radius 2 is 2.12 bits per heavy atom. The molecule has 0 radical (unpaired) electrons. The van der Waals surface area contributed by atoms with E-state index in [1.54, 1.807) is 0 Å². The first kappa shape index (κ1) is 13.2. The maximum atomic E-state index is 11.9. The maximum Gasteiger partial charge on any atom is 0.424 e. The zero-order valence-corrected chi connectivity index (χ0v) is 10.7. The first-order chi connectivity index (χ1) is 7.35. The van der Waals surface area contributed by atoms with Gasteiger partial charge < -0.3 is 4.74 Å². The lowest BCUT2D eigenvalue weighted by Crippen LogP contribution is -2.42. The highest BCUT2D eigenvalue weighted by atomic mass is 32.2. The number of ether oxygens (including phenoxy) is 1. The van der Waals surface area contributed by atoms with Gasteiger partial charge in [-0.2, -0.15) is 17.0 Å². The van der Waals surface area contributed by atoms with Crippen LogP contribution >= 0.6 is 0 Å². The Labute approximate surface area is 96.3 Å². The number of hydrogen-bond donors (Lipinski definition) is 0. The monoisotopic (exact) mass is 250 g/mol. The third-order valence-corrected chi connectivity index (χ3v) is 4.28. The fraction of sp³-hybridized carbons (Fsp3) is 0.889. The molecule has 1 saturated heterocycles. The van der Waals surface area contributed by atoms with Gasteiger partial charge in [-0.1, -0.05) is 13.8 Å². The second-order valence-corrected chi connectivity index (χ2v) is 6.16. The molecular formula is C9H18N2O4S. The number of cyclic esters (lactones) is 1. The normalized spacial score (nSPS) is 17.3. The molecule has 0 N–H and O–H groups in total. The molecule has 1 aliphatic rings. The average molecular weight is 250 g/mol. The van der Waals surface area contributed by atoms with E-state index in [4.69, 9.17) is 0 Å². The molecule has 1 fully saturated rings. The van der Waals surface area contributed by atoms with Gasteiger partial charge in [-0.05, 0) is 12.3 Å². The molecule has 0 aliphatic carbocycles. The van der Waals surface area contributed by atoms with Gasteiger partial charge in [0, 0.05) is 13.6 Å². The highest BCUT2D eigenvalue weighted by Gasteiger charge is 2.36. The van der Waals surface area contributed by atoms with E-state index >= 15 is 0 Å². The molecule has 1 amide bonds. The second-order valence-electron chi connectivity index (χ2n) is 4.20. The molecule has 0 atom stereocenters. The average Bonchev–Trinajstić information content (AvgIpc) is 2.61. The molecule has 0 aromatic rings. The first-order valence-corrected chi connectivity index (χ1v) is 6.66. The summed E-state index contributed by atoms with van der Waals surface area (Å²) < 4.78 is 30.4. The Balaban J connectivity index is 2.66. The minimum atomic E-state index is -3.69. The summed E-state index contributed by atoms with van der Waals surface area (Å²) in [7, 11) is -2.22. The molecule has 7 heteroatoms. The van der Waals surface area contributed by atoms with Gasteiger partial charge in [0.05, 0.1) is 6.54 Å². The standard InChI is InChI=1S/C9H18N2O4S/c1-8(2)4-5-10(3)16(13,14)11-6-7-15-9(11)12/h8H,4-7H2,1-3H3. The maximum absolute atomic E-state index is 11.9. The van der Waals surface area contributed by atoms with Gasteiger partial charge >= 0.3 is 16.3 Å². The van der Waals surface area contributed by atoms with Gasteiger partial charge in [-0.15, -0.1) is 0 Å². The summed E-state index contributed by atoms with van der Waals surface area (Å²) in [6.45, 7) is 4.68. The summed E-state index contributed by atoms with van der Waals surface area (Å²) in [6.07, 6.45) is -0.0186. The van der Waals surface area contributed by atoms with E-state index in [1.165, 1.54) is 11.4 Å². The molecule has 1 rings (SSSR count). The Morgan fingerprint density at radius 1 is 1.50 bits per heavy atom. The molecule has 0 aromatic heterocycles. The lowest BCUT2D eigenvalue weighted by molar-refractivity contribution is 0.169. The molecule has 0 saturated carbocycles. The number of amides is 1. The third-order valence-electron chi connectivity index (χ3n) is 2.42. The van der Waals surface area contributed by atoms with E-state index in [2.05, 4.69) is 4.74 Å². The first-order valence-electron chi connectivity index (χ1n) is 5.26. The van der Waals surface area contributed by atoms with E-state index in [0.29, 0.717) is 12.5 Å². The molecule has 16 heavy (non-hydrogen) atoms. The molecule has 0 bridgehead atoms. The lowest BCUT2D eigenvalue weighted by atomic mass is 10.1. The minimum Gasteiger partial charge on any atom is -0.447 e. The van der Waals surface area contributed by atoms with Crippen LogP contribution in [0.5, 0.6) is 0 Å². The van der Waals surface area contributed by atoms with Gasteiger partial charge in [0.15, 0.2) is 0 Å². The molecule has 94 valence electrons. The molecule has 6 nitrogen and oxygen atoms in total. The van der Waals surface area contributed by atoms with Crippen LogP contribution in [-0.2, 0) is 14.9 Å². The Morgan fingerprint density at radius 3 is 2.56 bits per heavy atom. The number of nitrogens with zero attached hydrogens (tertiary/aromatic N) is 2. The van der Waals surface area contributed by atoms with Crippen LogP contribution in [0.4, 0.5) is 4.79 Å². The van der Waals surface area contributed by atoms with E-state index in [1.807, 2.05) is 13.8 Å². The molecular weight excluding hydrogens is 232 g/mol. The van der Waals surface area contributed by atoms with Crippen molar-refractivity contribution in [3.63, 3.8) is 0 Å². The largest absolute Gasteiger partial charge is 0.447 e. The summed E-state index contributed by atoms with van der Waals surface area (Å²) >= 11 is 0. The van der Waals surface area contributed by atoms with Gasteiger partial charge in [0.25, 0.3) is 0 Å². The zero-order chi connectivity index (χ0) is 12.3. The van der Waals surface area contributed by atoms with Crippen LogP contribution in [0.2, 0.25) is 0 Å². The quantitative estimate of drug-likeness (QED) is 0.719. The van der Waals surface area contributed by atoms with Crippen molar-refractivity contribution in [1.29, 1.82) is 0 Å². The van der Waals surface area contributed by atoms with Crippen molar-refractivity contribution in [2.24, 2.45) is 5.92 Å². The number of rotatable bonds is 5.